The van der Waals surface area contributed by atoms with Gasteiger partial charge in [0.1, 0.15) is 0 Å². The smallest absolute Gasteiger partial charge is 0.234 e. The van der Waals surface area contributed by atoms with E-state index in [1.54, 1.807) is 11.9 Å². The highest BCUT2D eigenvalue weighted by atomic mass is 16.5. The molecule has 1 atom stereocenters. The number of rotatable bonds is 5. The van der Waals surface area contributed by atoms with Crippen LogP contribution in [0.1, 0.15) is 12.8 Å². The Balaban J connectivity index is 2.10. The quantitative estimate of drug-likeness (QED) is 0.636. The van der Waals surface area contributed by atoms with Crippen molar-refractivity contribution in [2.75, 3.05) is 33.3 Å². The van der Waals surface area contributed by atoms with E-state index in [1.165, 1.54) is 0 Å². The first-order valence-corrected chi connectivity index (χ1v) is 5.16. The van der Waals surface area contributed by atoms with Crippen molar-refractivity contribution in [3.63, 3.8) is 0 Å². The van der Waals surface area contributed by atoms with E-state index in [-0.39, 0.29) is 25.1 Å². The van der Waals surface area contributed by atoms with Gasteiger partial charge in [-0.05, 0) is 19.9 Å². The van der Waals surface area contributed by atoms with Crippen LogP contribution in [0.5, 0.6) is 0 Å². The number of hydrogen-bond donors (Lipinski definition) is 1. The summed E-state index contributed by atoms with van der Waals surface area (Å²) >= 11 is 0. The van der Waals surface area contributed by atoms with Crippen molar-refractivity contribution in [3.8, 4) is 6.07 Å². The van der Waals surface area contributed by atoms with Crippen molar-refractivity contribution in [2.24, 2.45) is 0 Å². The lowest BCUT2D eigenvalue weighted by atomic mass is 10.2. The SMILES string of the molecule is CN(CC#N)CC(=O)NC[C@@H]1CCCO1. The second-order valence-electron chi connectivity index (χ2n) is 3.77. The van der Waals surface area contributed by atoms with Gasteiger partial charge < -0.3 is 10.1 Å². The average Bonchev–Trinajstić information content (AvgIpc) is 2.67. The van der Waals surface area contributed by atoms with Gasteiger partial charge in [0.05, 0.1) is 25.3 Å². The molecule has 5 heteroatoms. The highest BCUT2D eigenvalue weighted by Crippen LogP contribution is 2.10. The highest BCUT2D eigenvalue weighted by Gasteiger charge is 2.16. The summed E-state index contributed by atoms with van der Waals surface area (Å²) in [5.74, 6) is -0.0525. The lowest BCUT2D eigenvalue weighted by Gasteiger charge is -2.14. The molecule has 0 aromatic rings. The second kappa shape index (κ2) is 6.38. The Kier molecular flexibility index (Phi) is 5.08. The number of carbonyl (C=O) groups excluding carboxylic acids is 1. The topological polar surface area (TPSA) is 65.4 Å². The maximum Gasteiger partial charge on any atom is 0.234 e. The van der Waals surface area contributed by atoms with Gasteiger partial charge in [-0.25, -0.2) is 0 Å². The molecule has 1 aliphatic heterocycles. The predicted molar refractivity (Wildman–Crippen MR) is 55.1 cm³/mol. The van der Waals surface area contributed by atoms with Crippen LogP contribution < -0.4 is 5.32 Å². The van der Waals surface area contributed by atoms with E-state index in [0.717, 1.165) is 19.4 Å². The van der Waals surface area contributed by atoms with E-state index in [9.17, 15) is 4.79 Å². The van der Waals surface area contributed by atoms with Crippen LogP contribution >= 0.6 is 0 Å². The molecule has 1 heterocycles. The molecule has 0 spiro atoms. The van der Waals surface area contributed by atoms with Crippen LogP contribution in [-0.4, -0.2) is 50.2 Å². The summed E-state index contributed by atoms with van der Waals surface area (Å²) in [4.78, 5) is 13.0. The molecular weight excluding hydrogens is 194 g/mol. The number of nitrogens with one attached hydrogen (secondary N) is 1. The van der Waals surface area contributed by atoms with E-state index in [0.29, 0.717) is 6.54 Å². The van der Waals surface area contributed by atoms with Crippen LogP contribution in [-0.2, 0) is 9.53 Å². The number of nitrogens with zero attached hydrogens (tertiary/aromatic N) is 2. The summed E-state index contributed by atoms with van der Waals surface area (Å²) in [6, 6.07) is 1.99. The molecule has 1 amide bonds. The Morgan fingerprint density at radius 2 is 2.53 bits per heavy atom. The van der Waals surface area contributed by atoms with Crippen molar-refractivity contribution in [3.05, 3.63) is 0 Å². The molecule has 1 N–H and O–H groups in total. The van der Waals surface area contributed by atoms with Crippen LogP contribution in [0.3, 0.4) is 0 Å². The molecule has 0 saturated carbocycles. The van der Waals surface area contributed by atoms with Crippen LogP contribution in [0.4, 0.5) is 0 Å². The lowest BCUT2D eigenvalue weighted by molar-refractivity contribution is -0.122. The fourth-order valence-corrected chi connectivity index (χ4v) is 1.51. The molecule has 0 bridgehead atoms. The van der Waals surface area contributed by atoms with Crippen LogP contribution in [0.25, 0.3) is 0 Å². The predicted octanol–water partition coefficient (Wildman–Crippen LogP) is -0.263. The normalized spacial score (nSPS) is 20.2. The zero-order valence-electron chi connectivity index (χ0n) is 9.03. The van der Waals surface area contributed by atoms with Gasteiger partial charge in [-0.2, -0.15) is 5.26 Å². The van der Waals surface area contributed by atoms with Gasteiger partial charge in [-0.3, -0.25) is 9.69 Å². The first kappa shape index (κ1) is 12.0. The van der Waals surface area contributed by atoms with Crippen molar-refractivity contribution in [1.82, 2.24) is 10.2 Å². The van der Waals surface area contributed by atoms with Gasteiger partial charge in [0, 0.05) is 13.2 Å². The fraction of sp³-hybridized carbons (Fsp3) is 0.800. The number of ether oxygens (including phenoxy) is 1. The van der Waals surface area contributed by atoms with Crippen molar-refractivity contribution < 1.29 is 9.53 Å². The molecule has 0 unspecified atom stereocenters. The molecule has 84 valence electrons. The molecule has 0 aromatic carbocycles. The van der Waals surface area contributed by atoms with E-state index < -0.39 is 0 Å². The zero-order chi connectivity index (χ0) is 11.1. The van der Waals surface area contributed by atoms with Crippen molar-refractivity contribution >= 4 is 5.91 Å². The summed E-state index contributed by atoms with van der Waals surface area (Å²) < 4.78 is 5.38. The average molecular weight is 211 g/mol. The molecule has 15 heavy (non-hydrogen) atoms. The molecule has 1 fully saturated rings. The van der Waals surface area contributed by atoms with Gasteiger partial charge in [0.15, 0.2) is 0 Å². The lowest BCUT2D eigenvalue weighted by Crippen LogP contribution is -2.38. The van der Waals surface area contributed by atoms with Crippen LogP contribution in [0.2, 0.25) is 0 Å². The minimum Gasteiger partial charge on any atom is -0.376 e. The number of hydrogen-bond acceptors (Lipinski definition) is 4. The minimum absolute atomic E-state index is 0.0525. The van der Waals surface area contributed by atoms with Gasteiger partial charge in [-0.15, -0.1) is 0 Å². The van der Waals surface area contributed by atoms with E-state index in [4.69, 9.17) is 10.00 Å². The summed E-state index contributed by atoms with van der Waals surface area (Å²) in [6.45, 7) is 1.92. The number of amides is 1. The number of carbonyl (C=O) groups is 1. The van der Waals surface area contributed by atoms with Crippen LogP contribution in [0.15, 0.2) is 0 Å². The number of nitriles is 1. The van der Waals surface area contributed by atoms with Crippen molar-refractivity contribution in [2.45, 2.75) is 18.9 Å². The standard InChI is InChI=1S/C10H17N3O2/c1-13(5-4-11)8-10(14)12-7-9-3-2-6-15-9/h9H,2-3,5-8H2,1H3,(H,12,14)/t9-/m0/s1. The molecule has 0 aliphatic carbocycles. The van der Waals surface area contributed by atoms with Gasteiger partial charge in [0.25, 0.3) is 0 Å². The molecule has 1 rings (SSSR count). The summed E-state index contributed by atoms with van der Waals surface area (Å²) in [5, 5.41) is 11.2. The Bertz CT molecular complexity index is 244. The highest BCUT2D eigenvalue weighted by molar-refractivity contribution is 5.78. The largest absolute Gasteiger partial charge is 0.376 e. The zero-order valence-corrected chi connectivity index (χ0v) is 9.03. The maximum absolute atomic E-state index is 11.4. The first-order chi connectivity index (χ1) is 7.22. The molecule has 0 aromatic heterocycles. The Labute approximate surface area is 90.0 Å². The number of likely N-dealkylation sites (N-methyl/N-ethyl adjacent to an activating group) is 1. The minimum atomic E-state index is -0.0525. The Hall–Kier alpha value is -1.12. The fourth-order valence-electron chi connectivity index (χ4n) is 1.51. The van der Waals surface area contributed by atoms with Gasteiger partial charge in [0.2, 0.25) is 5.91 Å². The third-order valence-electron chi connectivity index (χ3n) is 2.31. The second-order valence-corrected chi connectivity index (χ2v) is 3.77. The van der Waals surface area contributed by atoms with E-state index >= 15 is 0 Å². The molecule has 1 saturated heterocycles. The van der Waals surface area contributed by atoms with Gasteiger partial charge in [-0.1, -0.05) is 0 Å². The molecular formula is C10H17N3O2. The molecule has 5 nitrogen and oxygen atoms in total. The van der Waals surface area contributed by atoms with Crippen molar-refractivity contribution in [1.29, 1.82) is 5.26 Å². The third kappa shape index (κ3) is 4.77. The third-order valence-corrected chi connectivity index (χ3v) is 2.31. The summed E-state index contributed by atoms with van der Waals surface area (Å²) in [5.41, 5.74) is 0. The monoisotopic (exact) mass is 211 g/mol. The Morgan fingerprint density at radius 1 is 1.73 bits per heavy atom. The first-order valence-electron chi connectivity index (χ1n) is 5.16. The van der Waals surface area contributed by atoms with E-state index in [1.807, 2.05) is 6.07 Å². The molecule has 1 aliphatic rings. The Morgan fingerprint density at radius 3 is 3.13 bits per heavy atom. The van der Waals surface area contributed by atoms with Crippen LogP contribution in [0, 0.1) is 11.3 Å². The van der Waals surface area contributed by atoms with Gasteiger partial charge >= 0.3 is 0 Å². The maximum atomic E-state index is 11.4. The summed E-state index contributed by atoms with van der Waals surface area (Å²) in [6.07, 6.45) is 2.28. The molecule has 0 radical (unpaired) electrons. The summed E-state index contributed by atoms with van der Waals surface area (Å²) in [7, 11) is 1.74. The van der Waals surface area contributed by atoms with E-state index in [2.05, 4.69) is 5.32 Å².